The second kappa shape index (κ2) is 11.3. The summed E-state index contributed by atoms with van der Waals surface area (Å²) in [5.74, 6) is -1.04. The summed E-state index contributed by atoms with van der Waals surface area (Å²) in [6.45, 7) is 1.90. The van der Waals surface area contributed by atoms with Gasteiger partial charge in [-0.2, -0.15) is 20.5 Å². The van der Waals surface area contributed by atoms with Gasteiger partial charge in [-0.1, -0.05) is 17.7 Å². The highest BCUT2D eigenvalue weighted by molar-refractivity contribution is 7.23. The van der Waals surface area contributed by atoms with Crippen LogP contribution >= 0.6 is 22.9 Å². The van der Waals surface area contributed by atoms with Gasteiger partial charge in [-0.05, 0) is 31.0 Å². The Morgan fingerprint density at radius 1 is 1.21 bits per heavy atom. The molecule has 0 bridgehead atoms. The van der Waals surface area contributed by atoms with Gasteiger partial charge in [0.1, 0.15) is 53.7 Å². The fourth-order valence-corrected chi connectivity index (χ4v) is 8.94. The minimum atomic E-state index is -0.967. The lowest BCUT2D eigenvalue weighted by atomic mass is 9.95. The van der Waals surface area contributed by atoms with Crippen LogP contribution in [0.4, 0.5) is 24.0 Å². The van der Waals surface area contributed by atoms with E-state index in [4.69, 9.17) is 36.5 Å². The lowest BCUT2D eigenvalue weighted by Crippen LogP contribution is -2.43. The topological polar surface area (TPSA) is 134 Å². The van der Waals surface area contributed by atoms with Crippen molar-refractivity contribution in [3.8, 4) is 35.0 Å². The molecule has 2 unspecified atom stereocenters. The summed E-state index contributed by atoms with van der Waals surface area (Å²) in [4.78, 5) is 13.3. The molecule has 10 nitrogen and oxygen atoms in total. The fraction of sp³-hybridized carbons (Fsp3) is 0.438. The molecule has 0 radical (unpaired) electrons. The zero-order valence-corrected chi connectivity index (χ0v) is 26.4. The lowest BCUT2D eigenvalue weighted by molar-refractivity contribution is 0.107. The van der Waals surface area contributed by atoms with Crippen molar-refractivity contribution in [2.24, 2.45) is 0 Å². The van der Waals surface area contributed by atoms with E-state index in [0.717, 1.165) is 30.7 Å². The highest BCUT2D eigenvalue weighted by Gasteiger charge is 2.49. The molecule has 4 atom stereocenters. The SMILES string of the molecule is N#Cc1c(N)sc2c(F)ccc(-c3c(Cl)c4c5c(nc(OC[C@@]67CCCN6C[C@H](F)C7)nc5c3F)N(C3COC(C#N)C3)CCO4)c12. The van der Waals surface area contributed by atoms with E-state index in [-0.39, 0.29) is 85.3 Å². The van der Waals surface area contributed by atoms with Gasteiger partial charge >= 0.3 is 6.01 Å². The average molecular weight is 682 g/mol. The van der Waals surface area contributed by atoms with Gasteiger partial charge < -0.3 is 24.8 Å². The number of anilines is 2. The number of nitrogens with zero attached hydrogens (tertiary/aromatic N) is 6. The van der Waals surface area contributed by atoms with Crippen molar-refractivity contribution >= 4 is 54.7 Å². The van der Waals surface area contributed by atoms with Gasteiger partial charge in [0.25, 0.3) is 0 Å². The first-order valence-electron chi connectivity index (χ1n) is 15.3. The van der Waals surface area contributed by atoms with Crippen LogP contribution in [0, 0.1) is 34.3 Å². The van der Waals surface area contributed by atoms with E-state index in [9.17, 15) is 19.3 Å². The number of hydrogen-bond acceptors (Lipinski definition) is 11. The molecule has 2 aromatic heterocycles. The molecule has 15 heteroatoms. The maximum atomic E-state index is 17.1. The van der Waals surface area contributed by atoms with Crippen LogP contribution in [0.15, 0.2) is 12.1 Å². The van der Waals surface area contributed by atoms with Crippen molar-refractivity contribution in [2.45, 2.75) is 49.5 Å². The molecule has 0 saturated carbocycles. The number of halogens is 4. The molecule has 0 amide bonds. The zero-order chi connectivity index (χ0) is 32.6. The molecule has 47 heavy (non-hydrogen) atoms. The zero-order valence-electron chi connectivity index (χ0n) is 24.9. The highest BCUT2D eigenvalue weighted by Crippen LogP contribution is 2.51. The summed E-state index contributed by atoms with van der Waals surface area (Å²) in [6, 6.07) is 6.29. The molecule has 0 spiro atoms. The van der Waals surface area contributed by atoms with Gasteiger partial charge in [-0.3, -0.25) is 4.90 Å². The maximum absolute atomic E-state index is 17.1. The number of ether oxygens (including phenoxy) is 3. The van der Waals surface area contributed by atoms with Crippen molar-refractivity contribution in [2.75, 3.05) is 50.1 Å². The van der Waals surface area contributed by atoms with E-state index < -0.39 is 29.4 Å². The number of nitriles is 2. The summed E-state index contributed by atoms with van der Waals surface area (Å²) in [6.07, 6.45) is 0.805. The number of alkyl halides is 1. The van der Waals surface area contributed by atoms with Crippen LogP contribution in [0.5, 0.6) is 11.8 Å². The summed E-state index contributed by atoms with van der Waals surface area (Å²) in [5, 5.41) is 19.7. The minimum absolute atomic E-state index is 0.0109. The van der Waals surface area contributed by atoms with Crippen LogP contribution in [0.2, 0.25) is 5.02 Å². The number of nitrogens with two attached hydrogens (primary N) is 1. The number of benzene rings is 2. The van der Waals surface area contributed by atoms with Crippen LogP contribution in [0.1, 0.15) is 31.2 Å². The van der Waals surface area contributed by atoms with E-state index in [2.05, 4.69) is 16.0 Å². The second-order valence-corrected chi connectivity index (χ2v) is 13.8. The van der Waals surface area contributed by atoms with Gasteiger partial charge in [0.15, 0.2) is 11.6 Å². The first kappa shape index (κ1) is 30.3. The highest BCUT2D eigenvalue weighted by atomic mass is 35.5. The first-order chi connectivity index (χ1) is 22.7. The van der Waals surface area contributed by atoms with E-state index in [1.54, 1.807) is 0 Å². The Labute approximate surface area is 276 Å². The molecule has 6 heterocycles. The Kier molecular flexibility index (Phi) is 7.26. The van der Waals surface area contributed by atoms with Crippen LogP contribution in [0.25, 0.3) is 32.1 Å². The maximum Gasteiger partial charge on any atom is 0.319 e. The Morgan fingerprint density at radius 2 is 2.06 bits per heavy atom. The number of thiophene rings is 1. The summed E-state index contributed by atoms with van der Waals surface area (Å²) < 4.78 is 64.7. The average Bonchev–Trinajstić information content (AvgIpc) is 3.80. The standard InChI is InChI=1S/C32H27ClF3N7O3S/c33-24-22(18-2-3-20(35)28-21(18)19(11-38)29(39)47-28)25(36)26-23-27(24)44-7-6-43(16-8-17(10-37)45-13-16)30(23)41-31(40-26)46-14-32-4-1-5-42(32)12-15(34)9-32/h2-3,15-17H,1,4-9,12-14,39H2/t15-,16?,17?,32+/m1/s1. The van der Waals surface area contributed by atoms with Crippen molar-refractivity contribution in [3.05, 3.63) is 34.4 Å². The Bertz CT molecular complexity index is 2050. The molecule has 3 saturated heterocycles. The number of aromatic nitrogens is 2. The molecule has 8 rings (SSSR count). The van der Waals surface area contributed by atoms with Crippen molar-refractivity contribution in [1.82, 2.24) is 14.9 Å². The first-order valence-corrected chi connectivity index (χ1v) is 16.5. The number of rotatable bonds is 5. The monoisotopic (exact) mass is 681 g/mol. The van der Waals surface area contributed by atoms with Crippen molar-refractivity contribution < 1.29 is 27.4 Å². The van der Waals surface area contributed by atoms with E-state index in [0.29, 0.717) is 31.7 Å². The van der Waals surface area contributed by atoms with Crippen LogP contribution < -0.4 is 20.1 Å². The smallest absolute Gasteiger partial charge is 0.319 e. The Balaban J connectivity index is 1.34. The van der Waals surface area contributed by atoms with Gasteiger partial charge in [0.2, 0.25) is 0 Å². The Hall–Kier alpha value is -4.08. The molecule has 242 valence electrons. The van der Waals surface area contributed by atoms with Crippen LogP contribution in [-0.2, 0) is 4.74 Å². The van der Waals surface area contributed by atoms with Gasteiger partial charge in [0.05, 0.1) is 51.5 Å². The quantitative estimate of drug-likeness (QED) is 0.278. The van der Waals surface area contributed by atoms with E-state index >= 15 is 4.39 Å². The number of nitrogen functional groups attached to an aromatic ring is 1. The molecule has 4 aromatic rings. The summed E-state index contributed by atoms with van der Waals surface area (Å²) >= 11 is 7.87. The van der Waals surface area contributed by atoms with Crippen molar-refractivity contribution in [1.29, 1.82) is 10.5 Å². The van der Waals surface area contributed by atoms with E-state index in [1.165, 1.54) is 12.1 Å². The van der Waals surface area contributed by atoms with Gasteiger partial charge in [-0.15, -0.1) is 11.3 Å². The molecule has 3 fully saturated rings. The third-order valence-corrected chi connectivity index (χ3v) is 11.2. The van der Waals surface area contributed by atoms with Crippen LogP contribution in [-0.4, -0.2) is 78.2 Å². The predicted molar refractivity (Wildman–Crippen MR) is 170 cm³/mol. The van der Waals surface area contributed by atoms with Crippen molar-refractivity contribution in [3.63, 3.8) is 0 Å². The molecule has 2 N–H and O–H groups in total. The predicted octanol–water partition coefficient (Wildman–Crippen LogP) is 5.73. The molecule has 4 aliphatic heterocycles. The number of fused-ring (bicyclic) bond motifs is 2. The molecule has 4 aliphatic rings. The summed E-state index contributed by atoms with van der Waals surface area (Å²) in [7, 11) is 0. The molecular formula is C32H27ClF3N7O3S. The molecular weight excluding hydrogens is 655 g/mol. The summed E-state index contributed by atoms with van der Waals surface area (Å²) in [5.41, 5.74) is 5.44. The number of hydrogen-bond donors (Lipinski definition) is 1. The Morgan fingerprint density at radius 3 is 2.85 bits per heavy atom. The normalized spacial score (nSPS) is 25.5. The van der Waals surface area contributed by atoms with Gasteiger partial charge in [-0.25, -0.2) is 13.2 Å². The second-order valence-electron chi connectivity index (χ2n) is 12.4. The fourth-order valence-electron chi connectivity index (χ4n) is 7.66. The lowest BCUT2D eigenvalue weighted by Gasteiger charge is -2.31. The van der Waals surface area contributed by atoms with E-state index in [1.807, 2.05) is 11.0 Å². The largest absolute Gasteiger partial charge is 0.489 e. The van der Waals surface area contributed by atoms with Gasteiger partial charge in [0, 0.05) is 30.3 Å². The molecule has 0 aliphatic carbocycles. The third kappa shape index (κ3) is 4.65. The third-order valence-electron chi connectivity index (χ3n) is 9.78. The minimum Gasteiger partial charge on any atom is -0.489 e. The van der Waals surface area contributed by atoms with Crippen LogP contribution in [0.3, 0.4) is 0 Å². The molecule has 2 aromatic carbocycles.